The summed E-state index contributed by atoms with van der Waals surface area (Å²) in [6, 6.07) is 5.64. The Hall–Kier alpha value is -1.92. The summed E-state index contributed by atoms with van der Waals surface area (Å²) in [5.41, 5.74) is 1.89. The molecular formula is C16H21Cl2N5O. The molecule has 130 valence electrons. The van der Waals surface area contributed by atoms with E-state index in [2.05, 4.69) is 20.6 Å². The molecule has 0 spiro atoms. The van der Waals surface area contributed by atoms with Crippen molar-refractivity contribution in [1.82, 2.24) is 20.2 Å². The molecule has 0 aliphatic carbocycles. The summed E-state index contributed by atoms with van der Waals surface area (Å²) < 4.78 is 7.08. The van der Waals surface area contributed by atoms with Crippen molar-refractivity contribution in [3.63, 3.8) is 0 Å². The molecule has 6 nitrogen and oxygen atoms in total. The fourth-order valence-corrected chi connectivity index (χ4v) is 2.58. The Morgan fingerprint density at radius 1 is 1.38 bits per heavy atom. The summed E-state index contributed by atoms with van der Waals surface area (Å²) >= 11 is 12.1. The highest BCUT2D eigenvalue weighted by molar-refractivity contribution is 6.41. The van der Waals surface area contributed by atoms with Gasteiger partial charge in [0.05, 0.1) is 25.2 Å². The number of hydrogen-bond donors (Lipinski definition) is 2. The first-order valence-electron chi connectivity index (χ1n) is 7.56. The van der Waals surface area contributed by atoms with E-state index in [1.807, 2.05) is 36.7 Å². The van der Waals surface area contributed by atoms with Crippen molar-refractivity contribution in [3.8, 4) is 5.88 Å². The average Bonchev–Trinajstić information content (AvgIpc) is 2.84. The number of methoxy groups -OCH3 is 1. The number of aromatic nitrogens is 2. The van der Waals surface area contributed by atoms with Crippen LogP contribution in [-0.4, -0.2) is 29.2 Å². The highest BCUT2D eigenvalue weighted by Gasteiger charge is 2.09. The van der Waals surface area contributed by atoms with Crippen LogP contribution in [-0.2, 0) is 20.1 Å². The van der Waals surface area contributed by atoms with Gasteiger partial charge in [0.2, 0.25) is 5.88 Å². The maximum atomic E-state index is 6.09. The van der Waals surface area contributed by atoms with Crippen LogP contribution in [0.25, 0.3) is 0 Å². The van der Waals surface area contributed by atoms with Gasteiger partial charge in [-0.25, -0.2) is 9.98 Å². The van der Waals surface area contributed by atoms with Gasteiger partial charge in [0.15, 0.2) is 5.96 Å². The second kappa shape index (κ2) is 8.80. The number of halogens is 2. The average molecular weight is 370 g/mol. The van der Waals surface area contributed by atoms with Gasteiger partial charge in [-0.1, -0.05) is 29.3 Å². The lowest BCUT2D eigenvalue weighted by atomic mass is 10.3. The summed E-state index contributed by atoms with van der Waals surface area (Å²) in [5, 5.41) is 7.53. The molecule has 0 aliphatic rings. The Morgan fingerprint density at radius 2 is 2.17 bits per heavy atom. The molecule has 2 heterocycles. The molecule has 0 saturated carbocycles. The lowest BCUT2D eigenvalue weighted by Crippen LogP contribution is -2.37. The van der Waals surface area contributed by atoms with E-state index in [1.165, 1.54) is 0 Å². The van der Waals surface area contributed by atoms with Crippen LogP contribution in [0, 0.1) is 0 Å². The first-order chi connectivity index (χ1) is 11.6. The van der Waals surface area contributed by atoms with Gasteiger partial charge in [-0.3, -0.25) is 0 Å². The van der Waals surface area contributed by atoms with Crippen molar-refractivity contribution in [3.05, 3.63) is 45.8 Å². The zero-order chi connectivity index (χ0) is 17.5. The first-order valence-corrected chi connectivity index (χ1v) is 8.32. The van der Waals surface area contributed by atoms with E-state index >= 15 is 0 Å². The number of hydrogen-bond acceptors (Lipinski definition) is 3. The quantitative estimate of drug-likeness (QED) is 0.606. The predicted molar refractivity (Wildman–Crippen MR) is 97.9 cm³/mol. The van der Waals surface area contributed by atoms with Crippen LogP contribution in [0.2, 0.25) is 10.2 Å². The normalized spacial score (nSPS) is 11.5. The molecule has 0 radical (unpaired) electrons. The van der Waals surface area contributed by atoms with E-state index in [4.69, 9.17) is 27.9 Å². The van der Waals surface area contributed by atoms with Crippen molar-refractivity contribution in [1.29, 1.82) is 0 Å². The summed E-state index contributed by atoms with van der Waals surface area (Å²) in [6.45, 7) is 3.78. The van der Waals surface area contributed by atoms with E-state index in [9.17, 15) is 0 Å². The predicted octanol–water partition coefficient (Wildman–Crippen LogP) is 2.99. The van der Waals surface area contributed by atoms with Gasteiger partial charge in [0.25, 0.3) is 0 Å². The zero-order valence-corrected chi connectivity index (χ0v) is 15.4. The Balaban J connectivity index is 2.06. The minimum Gasteiger partial charge on any atom is -0.481 e. The molecule has 24 heavy (non-hydrogen) atoms. The van der Waals surface area contributed by atoms with Gasteiger partial charge < -0.3 is 19.9 Å². The van der Waals surface area contributed by atoms with E-state index in [0.717, 1.165) is 17.8 Å². The van der Waals surface area contributed by atoms with Crippen molar-refractivity contribution in [2.24, 2.45) is 12.0 Å². The number of nitrogens with one attached hydrogen (secondary N) is 2. The van der Waals surface area contributed by atoms with E-state index in [0.29, 0.717) is 35.1 Å². The molecule has 2 aromatic heterocycles. The Bertz CT molecular complexity index is 714. The van der Waals surface area contributed by atoms with Crippen LogP contribution in [0.5, 0.6) is 5.88 Å². The van der Waals surface area contributed by atoms with E-state index in [1.54, 1.807) is 13.3 Å². The summed E-state index contributed by atoms with van der Waals surface area (Å²) in [4.78, 5) is 8.74. The molecule has 0 aliphatic heterocycles. The molecule has 2 rings (SSSR count). The number of aliphatic imine (C=N–C) groups is 1. The van der Waals surface area contributed by atoms with Gasteiger partial charge in [0, 0.05) is 31.0 Å². The maximum absolute atomic E-state index is 6.09. The summed E-state index contributed by atoms with van der Waals surface area (Å²) in [5.74, 6) is 1.27. The van der Waals surface area contributed by atoms with Crippen LogP contribution in [0.15, 0.2) is 29.4 Å². The topological polar surface area (TPSA) is 63.5 Å². The molecule has 0 unspecified atom stereocenters. The highest BCUT2D eigenvalue weighted by Crippen LogP contribution is 2.24. The second-order valence-corrected chi connectivity index (χ2v) is 5.82. The molecule has 0 aromatic carbocycles. The van der Waals surface area contributed by atoms with Gasteiger partial charge in [-0.2, -0.15) is 0 Å². The van der Waals surface area contributed by atoms with Gasteiger partial charge in [-0.15, -0.1) is 0 Å². The Kier molecular flexibility index (Phi) is 6.75. The van der Waals surface area contributed by atoms with E-state index < -0.39 is 0 Å². The maximum Gasteiger partial charge on any atom is 0.218 e. The van der Waals surface area contributed by atoms with Crippen molar-refractivity contribution in [2.45, 2.75) is 20.0 Å². The molecule has 0 bridgehead atoms. The first kappa shape index (κ1) is 18.4. The molecule has 0 atom stereocenters. The SMILES string of the molecule is CCNC(=NCc1cccnc1OC)NCc1cc(Cl)c(Cl)n1C. The fourth-order valence-electron chi connectivity index (χ4n) is 2.17. The molecule has 0 fully saturated rings. The smallest absolute Gasteiger partial charge is 0.218 e. The number of nitrogens with zero attached hydrogens (tertiary/aromatic N) is 3. The largest absolute Gasteiger partial charge is 0.481 e. The minimum atomic E-state index is 0.459. The van der Waals surface area contributed by atoms with Gasteiger partial charge in [-0.05, 0) is 19.1 Å². The third kappa shape index (κ3) is 4.55. The fraction of sp³-hybridized carbons (Fsp3) is 0.375. The summed E-state index contributed by atoms with van der Waals surface area (Å²) in [7, 11) is 3.47. The number of rotatable bonds is 6. The second-order valence-electron chi connectivity index (χ2n) is 5.05. The molecule has 8 heteroatoms. The zero-order valence-electron chi connectivity index (χ0n) is 13.9. The number of pyridine rings is 1. The number of ether oxygens (including phenoxy) is 1. The van der Waals surface area contributed by atoms with Gasteiger partial charge >= 0.3 is 0 Å². The minimum absolute atomic E-state index is 0.459. The van der Waals surface area contributed by atoms with Crippen LogP contribution < -0.4 is 15.4 Å². The van der Waals surface area contributed by atoms with E-state index in [-0.39, 0.29) is 0 Å². The Labute approximate surface area is 151 Å². The molecule has 0 saturated heterocycles. The highest BCUT2D eigenvalue weighted by atomic mass is 35.5. The monoisotopic (exact) mass is 369 g/mol. The third-order valence-electron chi connectivity index (χ3n) is 3.45. The molecular weight excluding hydrogens is 349 g/mol. The van der Waals surface area contributed by atoms with Crippen LogP contribution in [0.4, 0.5) is 0 Å². The van der Waals surface area contributed by atoms with Crippen LogP contribution in [0.1, 0.15) is 18.2 Å². The van der Waals surface area contributed by atoms with Crippen molar-refractivity contribution < 1.29 is 4.74 Å². The van der Waals surface area contributed by atoms with Crippen LogP contribution >= 0.6 is 23.2 Å². The molecule has 0 amide bonds. The summed E-state index contributed by atoms with van der Waals surface area (Å²) in [6.07, 6.45) is 1.69. The third-order valence-corrected chi connectivity index (χ3v) is 4.29. The Morgan fingerprint density at radius 3 is 2.79 bits per heavy atom. The standard InChI is InChI=1S/C16H21Cl2N5O/c1-4-19-16(21-9-11-6-5-7-20-15(11)24-3)22-10-12-8-13(17)14(18)23(12)2/h5-8H,4,9-10H2,1-3H3,(H2,19,21,22). The van der Waals surface area contributed by atoms with Crippen molar-refractivity contribution >= 4 is 29.2 Å². The lowest BCUT2D eigenvalue weighted by Gasteiger charge is -2.12. The number of guanidine groups is 1. The lowest BCUT2D eigenvalue weighted by molar-refractivity contribution is 0.392. The van der Waals surface area contributed by atoms with Crippen LogP contribution in [0.3, 0.4) is 0 Å². The molecule has 2 N–H and O–H groups in total. The molecule has 2 aromatic rings. The van der Waals surface area contributed by atoms with Crippen molar-refractivity contribution in [2.75, 3.05) is 13.7 Å². The van der Waals surface area contributed by atoms with Gasteiger partial charge in [0.1, 0.15) is 5.15 Å².